The average Bonchev–Trinajstić information content (AvgIpc) is 2.66. The standard InChI is InChI=1S/C20H21N3O4S/c1-4-27-20(24)16(12-21)13-22-17-8-10-18(11-9-17)28(25,26)23-19-14(2)6-5-7-15(19)3/h5-11,13,22-23H,4H2,1-3H3/b16-13+. The van der Waals surface area contributed by atoms with Crippen molar-refractivity contribution in [1.82, 2.24) is 0 Å². The minimum absolute atomic E-state index is 0.0931. The van der Waals surface area contributed by atoms with Crippen LogP contribution in [0.25, 0.3) is 0 Å². The summed E-state index contributed by atoms with van der Waals surface area (Å²) in [6, 6.07) is 13.2. The number of para-hydroxylation sites is 1. The van der Waals surface area contributed by atoms with Gasteiger partial charge >= 0.3 is 5.97 Å². The summed E-state index contributed by atoms with van der Waals surface area (Å²) < 4.78 is 32.7. The van der Waals surface area contributed by atoms with Gasteiger partial charge in [0.15, 0.2) is 5.57 Å². The third-order valence-electron chi connectivity index (χ3n) is 3.88. The highest BCUT2D eigenvalue weighted by molar-refractivity contribution is 7.92. The molecule has 146 valence electrons. The van der Waals surface area contributed by atoms with Crippen LogP contribution < -0.4 is 10.0 Å². The van der Waals surface area contributed by atoms with Gasteiger partial charge in [0, 0.05) is 11.9 Å². The number of hydrogen-bond donors (Lipinski definition) is 2. The lowest BCUT2D eigenvalue weighted by Crippen LogP contribution is -2.14. The van der Waals surface area contributed by atoms with Gasteiger partial charge in [-0.05, 0) is 56.2 Å². The van der Waals surface area contributed by atoms with Crippen molar-refractivity contribution in [2.45, 2.75) is 25.7 Å². The molecular weight excluding hydrogens is 378 g/mol. The summed E-state index contributed by atoms with van der Waals surface area (Å²) in [4.78, 5) is 11.7. The number of nitrogens with one attached hydrogen (secondary N) is 2. The molecule has 0 unspecified atom stereocenters. The monoisotopic (exact) mass is 399 g/mol. The molecule has 0 aliphatic carbocycles. The molecule has 28 heavy (non-hydrogen) atoms. The first kappa shape index (κ1) is 21.0. The smallest absolute Gasteiger partial charge is 0.350 e. The Morgan fingerprint density at radius 3 is 2.29 bits per heavy atom. The third-order valence-corrected chi connectivity index (χ3v) is 5.25. The first-order valence-electron chi connectivity index (χ1n) is 8.51. The minimum Gasteiger partial charge on any atom is -0.462 e. The fraction of sp³-hybridized carbons (Fsp3) is 0.200. The largest absolute Gasteiger partial charge is 0.462 e. The Bertz CT molecular complexity index is 1020. The number of sulfonamides is 1. The molecule has 2 aromatic rings. The zero-order valence-electron chi connectivity index (χ0n) is 15.8. The first-order chi connectivity index (χ1) is 13.3. The van der Waals surface area contributed by atoms with Gasteiger partial charge in [0.25, 0.3) is 10.0 Å². The van der Waals surface area contributed by atoms with E-state index in [2.05, 4.69) is 10.0 Å². The number of ether oxygens (including phenoxy) is 1. The molecule has 0 spiro atoms. The second-order valence-corrected chi connectivity index (χ2v) is 7.61. The van der Waals surface area contributed by atoms with E-state index < -0.39 is 16.0 Å². The van der Waals surface area contributed by atoms with Crippen LogP contribution in [-0.4, -0.2) is 21.0 Å². The molecule has 0 saturated heterocycles. The van der Waals surface area contributed by atoms with Crippen LogP contribution in [0.5, 0.6) is 0 Å². The molecule has 2 rings (SSSR count). The van der Waals surface area contributed by atoms with Crippen LogP contribution in [0.2, 0.25) is 0 Å². The van der Waals surface area contributed by atoms with Crippen LogP contribution in [0, 0.1) is 25.2 Å². The van der Waals surface area contributed by atoms with Gasteiger partial charge in [-0.1, -0.05) is 18.2 Å². The zero-order valence-corrected chi connectivity index (χ0v) is 16.6. The van der Waals surface area contributed by atoms with Crippen molar-refractivity contribution in [2.24, 2.45) is 0 Å². The molecule has 0 bridgehead atoms. The molecule has 0 aliphatic rings. The van der Waals surface area contributed by atoms with E-state index in [-0.39, 0.29) is 17.1 Å². The van der Waals surface area contributed by atoms with Crippen LogP contribution in [0.15, 0.2) is 59.1 Å². The number of hydrogen-bond acceptors (Lipinski definition) is 6. The van der Waals surface area contributed by atoms with Gasteiger partial charge in [-0.3, -0.25) is 4.72 Å². The van der Waals surface area contributed by atoms with E-state index in [0.29, 0.717) is 11.4 Å². The van der Waals surface area contributed by atoms with Crippen LogP contribution in [0.3, 0.4) is 0 Å². The van der Waals surface area contributed by atoms with E-state index in [1.807, 2.05) is 32.0 Å². The molecule has 0 atom stereocenters. The van der Waals surface area contributed by atoms with Gasteiger partial charge in [-0.25, -0.2) is 13.2 Å². The van der Waals surface area contributed by atoms with Crippen molar-refractivity contribution in [3.8, 4) is 6.07 Å². The highest BCUT2D eigenvalue weighted by Gasteiger charge is 2.16. The fourth-order valence-corrected chi connectivity index (χ4v) is 3.60. The van der Waals surface area contributed by atoms with Gasteiger partial charge in [0.2, 0.25) is 0 Å². The Morgan fingerprint density at radius 2 is 1.75 bits per heavy atom. The summed E-state index contributed by atoms with van der Waals surface area (Å²) in [6.07, 6.45) is 1.22. The number of benzene rings is 2. The molecule has 0 saturated carbocycles. The van der Waals surface area contributed by atoms with Crippen molar-refractivity contribution < 1.29 is 17.9 Å². The molecule has 2 N–H and O–H groups in total. The molecule has 0 aromatic heterocycles. The van der Waals surface area contributed by atoms with Crippen molar-refractivity contribution in [2.75, 3.05) is 16.6 Å². The second kappa shape index (κ2) is 9.06. The maximum Gasteiger partial charge on any atom is 0.350 e. The number of carbonyl (C=O) groups is 1. The van der Waals surface area contributed by atoms with Gasteiger partial charge in [-0.2, -0.15) is 5.26 Å². The first-order valence-corrected chi connectivity index (χ1v) is 10.00. The maximum absolute atomic E-state index is 12.6. The van der Waals surface area contributed by atoms with Gasteiger partial charge in [0.05, 0.1) is 17.2 Å². The summed E-state index contributed by atoms with van der Waals surface area (Å²) in [6.45, 7) is 5.48. The van der Waals surface area contributed by atoms with E-state index in [4.69, 9.17) is 10.00 Å². The number of nitrogens with zero attached hydrogens (tertiary/aromatic N) is 1. The highest BCUT2D eigenvalue weighted by atomic mass is 32.2. The third kappa shape index (κ3) is 5.11. The lowest BCUT2D eigenvalue weighted by Gasteiger charge is -2.13. The Morgan fingerprint density at radius 1 is 1.14 bits per heavy atom. The second-order valence-electron chi connectivity index (χ2n) is 5.93. The summed E-state index contributed by atoms with van der Waals surface area (Å²) in [5.41, 5.74) is 2.55. The minimum atomic E-state index is -3.75. The van der Waals surface area contributed by atoms with E-state index in [9.17, 15) is 13.2 Å². The summed E-state index contributed by atoms with van der Waals surface area (Å²) >= 11 is 0. The van der Waals surface area contributed by atoms with Crippen molar-refractivity contribution in [3.63, 3.8) is 0 Å². The normalized spacial score (nSPS) is 11.4. The fourth-order valence-electron chi connectivity index (χ4n) is 2.40. The Labute approximate surface area is 164 Å². The SMILES string of the molecule is CCOC(=O)/C(C#N)=C/Nc1ccc(S(=O)(=O)Nc2c(C)cccc2C)cc1. The number of rotatable bonds is 7. The van der Waals surface area contributed by atoms with E-state index in [1.165, 1.54) is 30.5 Å². The summed E-state index contributed by atoms with van der Waals surface area (Å²) in [5, 5.41) is 11.8. The Hall–Kier alpha value is -3.31. The number of nitriles is 1. The van der Waals surface area contributed by atoms with Crippen molar-refractivity contribution in [3.05, 3.63) is 65.4 Å². The van der Waals surface area contributed by atoms with Crippen LogP contribution in [0.1, 0.15) is 18.1 Å². The summed E-state index contributed by atoms with van der Waals surface area (Å²) in [5.74, 6) is -0.727. The van der Waals surface area contributed by atoms with Crippen molar-refractivity contribution in [1.29, 1.82) is 5.26 Å². The number of esters is 1. The van der Waals surface area contributed by atoms with E-state index in [0.717, 1.165) is 11.1 Å². The molecule has 0 amide bonds. The predicted octanol–water partition coefficient (Wildman–Crippen LogP) is 3.49. The molecule has 2 aromatic carbocycles. The molecular formula is C20H21N3O4S. The number of aryl methyl sites for hydroxylation is 2. The predicted molar refractivity (Wildman–Crippen MR) is 107 cm³/mol. The van der Waals surface area contributed by atoms with E-state index in [1.54, 1.807) is 13.0 Å². The highest BCUT2D eigenvalue weighted by Crippen LogP contribution is 2.24. The molecule has 7 nitrogen and oxygen atoms in total. The molecule has 0 fully saturated rings. The lowest BCUT2D eigenvalue weighted by atomic mass is 10.1. The zero-order chi connectivity index (χ0) is 20.7. The average molecular weight is 399 g/mol. The van der Waals surface area contributed by atoms with Crippen LogP contribution in [0.4, 0.5) is 11.4 Å². The quantitative estimate of drug-likeness (QED) is 0.419. The molecule has 0 radical (unpaired) electrons. The molecule has 8 heteroatoms. The number of anilines is 2. The van der Waals surface area contributed by atoms with Crippen LogP contribution in [-0.2, 0) is 19.6 Å². The topological polar surface area (TPSA) is 108 Å². The lowest BCUT2D eigenvalue weighted by molar-refractivity contribution is -0.138. The molecule has 0 aliphatic heterocycles. The van der Waals surface area contributed by atoms with Gasteiger partial charge in [0.1, 0.15) is 6.07 Å². The molecule has 0 heterocycles. The van der Waals surface area contributed by atoms with E-state index >= 15 is 0 Å². The summed E-state index contributed by atoms with van der Waals surface area (Å²) in [7, 11) is -3.75. The maximum atomic E-state index is 12.6. The Balaban J connectivity index is 2.17. The number of carbonyl (C=O) groups excluding carboxylic acids is 1. The van der Waals surface area contributed by atoms with Crippen molar-refractivity contribution >= 4 is 27.4 Å². The van der Waals surface area contributed by atoms with Gasteiger partial charge < -0.3 is 10.1 Å². The van der Waals surface area contributed by atoms with Crippen LogP contribution >= 0.6 is 0 Å². The van der Waals surface area contributed by atoms with Gasteiger partial charge in [-0.15, -0.1) is 0 Å². The Kier molecular flexibility index (Phi) is 6.79.